The smallest absolute Gasteiger partial charge is 0.171 e. The third kappa shape index (κ3) is 2.04. The minimum atomic E-state index is 0.851. The quantitative estimate of drug-likeness (QED) is 0.694. The van der Waals surface area contributed by atoms with Crippen LogP contribution in [-0.2, 0) is 13.5 Å². The monoisotopic (exact) mass is 290 g/mol. The van der Waals surface area contributed by atoms with E-state index in [1.54, 1.807) is 23.1 Å². The molecule has 0 spiro atoms. The summed E-state index contributed by atoms with van der Waals surface area (Å²) in [6.45, 7) is 2.17. The highest BCUT2D eigenvalue weighted by atomic mass is 32.2. The van der Waals surface area contributed by atoms with Crippen LogP contribution in [-0.4, -0.2) is 25.8 Å². The van der Waals surface area contributed by atoms with E-state index in [9.17, 15) is 0 Å². The lowest BCUT2D eigenvalue weighted by Gasteiger charge is -2.07. The summed E-state index contributed by atoms with van der Waals surface area (Å²) >= 11 is 3.38. The van der Waals surface area contributed by atoms with Gasteiger partial charge in [0.1, 0.15) is 5.82 Å². The van der Waals surface area contributed by atoms with Crippen molar-refractivity contribution < 1.29 is 0 Å². The first-order chi connectivity index (χ1) is 9.24. The minimum absolute atomic E-state index is 0.851. The van der Waals surface area contributed by atoms with E-state index in [1.165, 1.54) is 10.3 Å². The van der Waals surface area contributed by atoms with Gasteiger partial charge in [-0.15, -0.1) is 11.3 Å². The van der Waals surface area contributed by atoms with Gasteiger partial charge in [-0.2, -0.15) is 0 Å². The maximum Gasteiger partial charge on any atom is 0.171 e. The second kappa shape index (κ2) is 4.94. The molecule has 0 aromatic carbocycles. The van der Waals surface area contributed by atoms with Crippen LogP contribution in [0.2, 0.25) is 0 Å². The van der Waals surface area contributed by atoms with Gasteiger partial charge in [-0.3, -0.25) is 0 Å². The highest BCUT2D eigenvalue weighted by molar-refractivity contribution is 8.00. The molecule has 0 amide bonds. The first kappa shape index (κ1) is 12.6. The van der Waals surface area contributed by atoms with E-state index in [-0.39, 0.29) is 0 Å². The summed E-state index contributed by atoms with van der Waals surface area (Å²) in [5.74, 6) is 0.963. The first-order valence-corrected chi connectivity index (χ1v) is 8.08. The van der Waals surface area contributed by atoms with Gasteiger partial charge in [-0.05, 0) is 18.2 Å². The number of fused-ring (bicyclic) bond motifs is 1. The Morgan fingerprint density at radius 2 is 2.21 bits per heavy atom. The molecule has 3 heterocycles. The molecule has 0 aliphatic rings. The number of thioether (sulfide) groups is 1. The molecule has 0 unspecified atom stereocenters. The lowest BCUT2D eigenvalue weighted by molar-refractivity contribution is 0.920. The second-order valence-corrected chi connectivity index (χ2v) is 6.25. The Morgan fingerprint density at radius 3 is 2.84 bits per heavy atom. The van der Waals surface area contributed by atoms with Crippen LogP contribution >= 0.6 is 23.1 Å². The van der Waals surface area contributed by atoms with Crippen molar-refractivity contribution in [2.45, 2.75) is 17.7 Å². The van der Waals surface area contributed by atoms with Crippen molar-refractivity contribution in [1.82, 2.24) is 19.5 Å². The number of nitrogens with zero attached hydrogens (tertiary/aromatic N) is 4. The molecule has 0 saturated heterocycles. The van der Waals surface area contributed by atoms with E-state index in [0.717, 1.165) is 27.8 Å². The molecule has 0 fully saturated rings. The van der Waals surface area contributed by atoms with Crippen molar-refractivity contribution in [2.75, 3.05) is 6.26 Å². The zero-order chi connectivity index (χ0) is 13.4. The molecule has 3 aromatic heterocycles. The molecular weight excluding hydrogens is 276 g/mol. The Morgan fingerprint density at radius 1 is 1.37 bits per heavy atom. The Hall–Kier alpha value is -1.40. The van der Waals surface area contributed by atoms with Crippen LogP contribution in [0, 0.1) is 0 Å². The summed E-state index contributed by atoms with van der Waals surface area (Å²) in [4.78, 5) is 13.4. The average Bonchev–Trinajstić information content (AvgIpc) is 3.02. The molecule has 6 heteroatoms. The van der Waals surface area contributed by atoms with E-state index in [1.807, 2.05) is 36.5 Å². The number of aryl methyl sites for hydroxylation is 2. The lowest BCUT2D eigenvalue weighted by Crippen LogP contribution is -1.97. The van der Waals surface area contributed by atoms with Crippen LogP contribution in [0.4, 0.5) is 0 Å². The number of imidazole rings is 1. The fourth-order valence-corrected chi connectivity index (χ4v) is 3.79. The van der Waals surface area contributed by atoms with Crippen LogP contribution in [0.5, 0.6) is 0 Å². The number of thiazole rings is 1. The highest BCUT2D eigenvalue weighted by Crippen LogP contribution is 2.34. The molecule has 98 valence electrons. The van der Waals surface area contributed by atoms with Crippen molar-refractivity contribution in [3.8, 4) is 11.4 Å². The molecule has 0 N–H and O–H groups in total. The number of aromatic nitrogens is 4. The number of hydrogen-bond donors (Lipinski definition) is 0. The zero-order valence-electron chi connectivity index (χ0n) is 11.0. The van der Waals surface area contributed by atoms with E-state index in [4.69, 9.17) is 0 Å². The number of rotatable bonds is 3. The summed E-state index contributed by atoms with van der Waals surface area (Å²) in [6, 6.07) is 0. The molecule has 3 aromatic rings. The van der Waals surface area contributed by atoms with Crippen LogP contribution in [0.25, 0.3) is 21.7 Å². The Labute approximate surface area is 119 Å². The Kier molecular flexibility index (Phi) is 3.28. The Bertz CT molecular complexity index is 729. The topological polar surface area (TPSA) is 43.6 Å². The van der Waals surface area contributed by atoms with Crippen LogP contribution < -0.4 is 0 Å². The summed E-state index contributed by atoms with van der Waals surface area (Å²) in [5, 5.41) is 0. The van der Waals surface area contributed by atoms with Gasteiger partial charge in [0.2, 0.25) is 0 Å². The molecule has 4 nitrogen and oxygen atoms in total. The van der Waals surface area contributed by atoms with Crippen molar-refractivity contribution in [2.24, 2.45) is 7.05 Å². The van der Waals surface area contributed by atoms with Gasteiger partial charge in [0.25, 0.3) is 0 Å². The van der Waals surface area contributed by atoms with Crippen molar-refractivity contribution in [1.29, 1.82) is 0 Å². The number of pyridine rings is 1. The fourth-order valence-electron chi connectivity index (χ4n) is 2.16. The third-order valence-corrected chi connectivity index (χ3v) is 5.18. The second-order valence-electron chi connectivity index (χ2n) is 4.20. The highest BCUT2D eigenvalue weighted by Gasteiger charge is 2.15. The predicted octanol–water partition coefficient (Wildman–Crippen LogP) is 3.38. The molecule has 0 bridgehead atoms. The molecular formula is C13H14N4S2. The van der Waals surface area contributed by atoms with E-state index >= 15 is 0 Å². The maximum atomic E-state index is 4.53. The molecule has 0 atom stereocenters. The molecule has 0 radical (unpaired) electrons. The SMILES string of the molecule is CCc1c(-c2nccn2C)cnc2nc(SC)sc12. The summed E-state index contributed by atoms with van der Waals surface area (Å²) in [6.07, 6.45) is 8.67. The molecule has 19 heavy (non-hydrogen) atoms. The van der Waals surface area contributed by atoms with Crippen LogP contribution in [0.1, 0.15) is 12.5 Å². The summed E-state index contributed by atoms with van der Waals surface area (Å²) in [7, 11) is 2.01. The zero-order valence-corrected chi connectivity index (χ0v) is 12.7. The van der Waals surface area contributed by atoms with E-state index < -0.39 is 0 Å². The maximum absolute atomic E-state index is 4.53. The van der Waals surface area contributed by atoms with Gasteiger partial charge in [0.05, 0.1) is 4.70 Å². The van der Waals surface area contributed by atoms with Crippen molar-refractivity contribution in [3.05, 3.63) is 24.2 Å². The van der Waals surface area contributed by atoms with Gasteiger partial charge in [-0.25, -0.2) is 15.0 Å². The van der Waals surface area contributed by atoms with Gasteiger partial charge in [0.15, 0.2) is 9.99 Å². The predicted molar refractivity (Wildman–Crippen MR) is 80.8 cm³/mol. The van der Waals surface area contributed by atoms with Gasteiger partial charge >= 0.3 is 0 Å². The normalized spacial score (nSPS) is 11.3. The summed E-state index contributed by atoms with van der Waals surface area (Å²) in [5.41, 5.74) is 3.25. The van der Waals surface area contributed by atoms with E-state index in [2.05, 4.69) is 21.9 Å². The third-order valence-electron chi connectivity index (χ3n) is 3.10. The minimum Gasteiger partial charge on any atom is -0.334 e. The van der Waals surface area contributed by atoms with Crippen molar-refractivity contribution in [3.63, 3.8) is 0 Å². The fraction of sp³-hybridized carbons (Fsp3) is 0.308. The van der Waals surface area contributed by atoms with Crippen LogP contribution in [0.15, 0.2) is 22.9 Å². The molecule has 0 aliphatic heterocycles. The summed E-state index contributed by atoms with van der Waals surface area (Å²) < 4.78 is 4.28. The van der Waals surface area contributed by atoms with Crippen LogP contribution in [0.3, 0.4) is 0 Å². The van der Waals surface area contributed by atoms with Gasteiger partial charge in [0, 0.05) is 31.2 Å². The Balaban J connectivity index is 2.28. The van der Waals surface area contributed by atoms with E-state index in [0.29, 0.717) is 0 Å². The molecule has 3 rings (SSSR count). The molecule has 0 saturated carbocycles. The van der Waals surface area contributed by atoms with Crippen molar-refractivity contribution >= 4 is 33.4 Å². The number of hydrogen-bond acceptors (Lipinski definition) is 5. The van der Waals surface area contributed by atoms with Gasteiger partial charge < -0.3 is 4.57 Å². The molecule has 0 aliphatic carbocycles. The lowest BCUT2D eigenvalue weighted by atomic mass is 10.1. The van der Waals surface area contributed by atoms with Gasteiger partial charge in [-0.1, -0.05) is 18.7 Å². The first-order valence-electron chi connectivity index (χ1n) is 6.04. The largest absolute Gasteiger partial charge is 0.334 e. The standard InChI is InChI=1S/C13H14N4S2/c1-4-8-9(12-14-5-6-17(12)2)7-15-11-10(8)19-13(16-11)18-3/h5-7H,4H2,1-3H3. The average molecular weight is 290 g/mol.